The molecule has 0 spiro atoms. The second kappa shape index (κ2) is 18.1. The van der Waals surface area contributed by atoms with E-state index in [0.717, 1.165) is 55.1 Å². The Morgan fingerprint density at radius 1 is 0.649 bits per heavy atom. The van der Waals surface area contributed by atoms with Crippen molar-refractivity contribution in [3.05, 3.63) is 96.1 Å². The second-order valence-corrected chi connectivity index (χ2v) is 8.77. The first kappa shape index (κ1) is 30.0. The third-order valence-electron chi connectivity index (χ3n) is 5.79. The number of halogens is 1. The molecule has 0 bridgehead atoms. The SMILES string of the molecule is Cl.NC(N)=N[C@H](COCCCCCCCCOc1ccc(OCc2ccccc2)cc1)c1ccccc1. The van der Waals surface area contributed by atoms with Gasteiger partial charge in [-0.15, -0.1) is 12.4 Å². The number of aliphatic imine (C=N–C) groups is 1. The van der Waals surface area contributed by atoms with Crippen molar-refractivity contribution in [1.29, 1.82) is 0 Å². The van der Waals surface area contributed by atoms with Crippen LogP contribution >= 0.6 is 12.4 Å². The molecule has 0 saturated heterocycles. The quantitative estimate of drug-likeness (QED) is 0.120. The Hall–Kier alpha value is -3.22. The second-order valence-electron chi connectivity index (χ2n) is 8.77. The fourth-order valence-corrected chi connectivity index (χ4v) is 3.83. The van der Waals surface area contributed by atoms with Gasteiger partial charge in [-0.2, -0.15) is 0 Å². The summed E-state index contributed by atoms with van der Waals surface area (Å²) in [4.78, 5) is 4.30. The number of unbranched alkanes of at least 4 members (excludes halogenated alkanes) is 5. The van der Waals surface area contributed by atoms with Gasteiger partial charge in [0.05, 0.1) is 13.2 Å². The van der Waals surface area contributed by atoms with Crippen molar-refractivity contribution in [2.75, 3.05) is 19.8 Å². The minimum atomic E-state index is -0.158. The van der Waals surface area contributed by atoms with Gasteiger partial charge in [0.1, 0.15) is 24.1 Å². The van der Waals surface area contributed by atoms with Gasteiger partial charge >= 0.3 is 0 Å². The molecular weight excluding hydrogens is 486 g/mol. The van der Waals surface area contributed by atoms with Crippen LogP contribution in [0.25, 0.3) is 0 Å². The summed E-state index contributed by atoms with van der Waals surface area (Å²) in [6, 6.07) is 27.8. The van der Waals surface area contributed by atoms with E-state index >= 15 is 0 Å². The number of rotatable bonds is 17. The number of hydrogen-bond acceptors (Lipinski definition) is 4. The lowest BCUT2D eigenvalue weighted by Gasteiger charge is -2.14. The molecule has 0 heterocycles. The summed E-state index contributed by atoms with van der Waals surface area (Å²) < 4.78 is 17.5. The standard InChI is InChI=1S/C30H39N3O3.ClH/c31-30(32)33-29(26-15-9-6-10-16-26)24-34-21-11-3-1-2-4-12-22-35-27-17-19-28(20-18-27)36-23-25-13-7-5-8-14-25;/h5-10,13-20,29H,1-4,11-12,21-24H2,(H4,31,32,33);1H/t29-;/m1./s1. The van der Waals surface area contributed by atoms with Crippen molar-refractivity contribution in [1.82, 2.24) is 0 Å². The molecule has 6 nitrogen and oxygen atoms in total. The summed E-state index contributed by atoms with van der Waals surface area (Å²) in [5.74, 6) is 1.82. The molecule has 200 valence electrons. The zero-order valence-electron chi connectivity index (χ0n) is 21.5. The van der Waals surface area contributed by atoms with Crippen LogP contribution in [0.1, 0.15) is 55.7 Å². The molecule has 3 aromatic carbocycles. The Morgan fingerprint density at radius 3 is 1.81 bits per heavy atom. The van der Waals surface area contributed by atoms with Gasteiger partial charge in [-0.1, -0.05) is 86.3 Å². The van der Waals surface area contributed by atoms with Crippen LogP contribution in [0, 0.1) is 0 Å². The highest BCUT2D eigenvalue weighted by Gasteiger charge is 2.10. The van der Waals surface area contributed by atoms with E-state index in [9.17, 15) is 0 Å². The molecule has 0 aliphatic carbocycles. The summed E-state index contributed by atoms with van der Waals surface area (Å²) in [6.45, 7) is 2.51. The van der Waals surface area contributed by atoms with Gasteiger partial charge < -0.3 is 25.7 Å². The van der Waals surface area contributed by atoms with Gasteiger partial charge in [0.2, 0.25) is 0 Å². The van der Waals surface area contributed by atoms with Crippen molar-refractivity contribution < 1.29 is 14.2 Å². The number of guanidine groups is 1. The molecule has 0 amide bonds. The van der Waals surface area contributed by atoms with E-state index in [1.165, 1.54) is 19.3 Å². The van der Waals surface area contributed by atoms with Crippen LogP contribution in [0.15, 0.2) is 89.9 Å². The molecule has 0 aliphatic heterocycles. The van der Waals surface area contributed by atoms with E-state index in [2.05, 4.69) is 17.1 Å². The molecule has 1 atom stereocenters. The number of nitrogens with zero attached hydrogens (tertiary/aromatic N) is 1. The topological polar surface area (TPSA) is 92.1 Å². The summed E-state index contributed by atoms with van der Waals surface area (Å²) >= 11 is 0. The molecule has 37 heavy (non-hydrogen) atoms. The van der Waals surface area contributed by atoms with Crippen LogP contribution in [-0.2, 0) is 11.3 Å². The van der Waals surface area contributed by atoms with Crippen molar-refractivity contribution in [2.45, 2.75) is 51.2 Å². The summed E-state index contributed by atoms with van der Waals surface area (Å²) in [6.07, 6.45) is 6.82. The van der Waals surface area contributed by atoms with Gasteiger partial charge in [-0.25, -0.2) is 4.99 Å². The molecule has 7 heteroatoms. The predicted octanol–water partition coefficient (Wildman–Crippen LogP) is 6.44. The predicted molar refractivity (Wildman–Crippen MR) is 153 cm³/mol. The van der Waals surface area contributed by atoms with Crippen molar-refractivity contribution in [3.63, 3.8) is 0 Å². The number of nitrogens with two attached hydrogens (primary N) is 2. The van der Waals surface area contributed by atoms with E-state index in [0.29, 0.717) is 13.2 Å². The zero-order valence-corrected chi connectivity index (χ0v) is 22.3. The first-order chi connectivity index (χ1) is 17.7. The van der Waals surface area contributed by atoms with Gasteiger partial charge in [-0.05, 0) is 48.2 Å². The Bertz CT molecular complexity index is 998. The average Bonchev–Trinajstić information content (AvgIpc) is 2.91. The zero-order chi connectivity index (χ0) is 25.3. The first-order valence-corrected chi connectivity index (χ1v) is 12.8. The Morgan fingerprint density at radius 2 is 1.19 bits per heavy atom. The molecular formula is C30H40ClN3O3. The van der Waals surface area contributed by atoms with Crippen molar-refractivity contribution in [3.8, 4) is 11.5 Å². The van der Waals surface area contributed by atoms with Gasteiger partial charge in [0.25, 0.3) is 0 Å². The van der Waals surface area contributed by atoms with E-state index < -0.39 is 0 Å². The van der Waals surface area contributed by atoms with E-state index in [1.54, 1.807) is 0 Å². The Labute approximate surface area is 227 Å². The maximum absolute atomic E-state index is 5.87. The number of ether oxygens (including phenoxy) is 3. The summed E-state index contributed by atoms with van der Waals surface area (Å²) in [7, 11) is 0. The third kappa shape index (κ3) is 12.5. The highest BCUT2D eigenvalue weighted by Crippen LogP contribution is 2.20. The lowest BCUT2D eigenvalue weighted by Crippen LogP contribution is -2.24. The minimum Gasteiger partial charge on any atom is -0.494 e. The molecule has 0 saturated carbocycles. The molecule has 3 aromatic rings. The third-order valence-corrected chi connectivity index (χ3v) is 5.79. The monoisotopic (exact) mass is 525 g/mol. The maximum Gasteiger partial charge on any atom is 0.186 e. The minimum absolute atomic E-state index is 0. The first-order valence-electron chi connectivity index (χ1n) is 12.8. The highest BCUT2D eigenvalue weighted by atomic mass is 35.5. The molecule has 0 radical (unpaired) electrons. The van der Waals surface area contributed by atoms with E-state index in [-0.39, 0.29) is 24.4 Å². The van der Waals surface area contributed by atoms with Gasteiger partial charge in [-0.3, -0.25) is 0 Å². The lowest BCUT2D eigenvalue weighted by atomic mass is 10.1. The highest BCUT2D eigenvalue weighted by molar-refractivity contribution is 5.85. The molecule has 0 unspecified atom stereocenters. The molecule has 0 aliphatic rings. The summed E-state index contributed by atoms with van der Waals surface area (Å²) in [5, 5.41) is 0. The van der Waals surface area contributed by atoms with Gasteiger partial charge in [0.15, 0.2) is 5.96 Å². The fourth-order valence-electron chi connectivity index (χ4n) is 3.83. The number of hydrogen-bond donors (Lipinski definition) is 2. The smallest absolute Gasteiger partial charge is 0.186 e. The van der Waals surface area contributed by atoms with Crippen molar-refractivity contribution >= 4 is 18.4 Å². The molecule has 3 rings (SSSR count). The summed E-state index contributed by atoms with van der Waals surface area (Å²) in [5.41, 5.74) is 13.4. The number of benzene rings is 3. The van der Waals surface area contributed by atoms with Gasteiger partial charge in [0, 0.05) is 6.61 Å². The van der Waals surface area contributed by atoms with Crippen LogP contribution in [0.4, 0.5) is 0 Å². The Kier molecular flexibility index (Phi) is 14.7. The maximum atomic E-state index is 5.87. The lowest BCUT2D eigenvalue weighted by molar-refractivity contribution is 0.117. The van der Waals surface area contributed by atoms with Crippen LogP contribution in [0.5, 0.6) is 11.5 Å². The fraction of sp³-hybridized carbons (Fsp3) is 0.367. The average molecular weight is 526 g/mol. The Balaban J connectivity index is 0.00000481. The van der Waals surface area contributed by atoms with Crippen LogP contribution in [-0.4, -0.2) is 25.8 Å². The largest absolute Gasteiger partial charge is 0.494 e. The molecule has 4 N–H and O–H groups in total. The van der Waals surface area contributed by atoms with Crippen LogP contribution < -0.4 is 20.9 Å². The molecule has 0 aromatic heterocycles. The van der Waals surface area contributed by atoms with Crippen LogP contribution in [0.2, 0.25) is 0 Å². The van der Waals surface area contributed by atoms with E-state index in [1.807, 2.05) is 72.8 Å². The van der Waals surface area contributed by atoms with Crippen LogP contribution in [0.3, 0.4) is 0 Å². The van der Waals surface area contributed by atoms with E-state index in [4.69, 9.17) is 25.7 Å². The normalized spacial score (nSPS) is 11.2. The van der Waals surface area contributed by atoms with Crippen molar-refractivity contribution in [2.24, 2.45) is 16.5 Å². The molecule has 0 fully saturated rings.